The molecule has 6 N–H and O–H groups in total. The van der Waals surface area contributed by atoms with E-state index in [1.54, 1.807) is 35.1 Å². The molecular formula is C44H46N8O6S2. The molecule has 2 saturated heterocycles. The third-order valence-electron chi connectivity index (χ3n) is 11.3. The second-order valence-corrected chi connectivity index (χ2v) is 16.9. The van der Waals surface area contributed by atoms with Gasteiger partial charge in [0.25, 0.3) is 0 Å². The normalized spacial score (nSPS) is 17.4. The zero-order valence-corrected chi connectivity index (χ0v) is 34.4. The van der Waals surface area contributed by atoms with Crippen LogP contribution in [0.15, 0.2) is 94.6 Å². The van der Waals surface area contributed by atoms with Crippen molar-refractivity contribution in [2.24, 2.45) is 0 Å². The van der Waals surface area contributed by atoms with E-state index in [1.807, 2.05) is 67.7 Å². The maximum atomic E-state index is 13.5. The van der Waals surface area contributed by atoms with Crippen molar-refractivity contribution >= 4 is 46.7 Å². The molecule has 310 valence electrons. The van der Waals surface area contributed by atoms with Crippen LogP contribution in [-0.4, -0.2) is 89.1 Å². The summed E-state index contributed by atoms with van der Waals surface area (Å²) in [4.78, 5) is 69.9. The first-order chi connectivity index (χ1) is 29.2. The number of hydrogen-bond donors (Lipinski definition) is 6. The molecule has 2 aliphatic rings. The summed E-state index contributed by atoms with van der Waals surface area (Å²) in [6, 6.07) is 18.9. The number of likely N-dealkylation sites (tertiary alicyclic amines) is 2. The Hall–Kier alpha value is -6.26. The SMILES string of the molecule is O=C(O)N[C@@H](CC(=O)N1CCC[C@H]1c1ncc(-c2ccc(-c3ccc(-c4cnc([C@@H]5CCCN5C(=O)C[C@@H](Cc5ccsc5)NC(=O)O)[nH]4)cc3)cc2)[nH]1)Cc1ccsc1. The molecule has 6 aromatic rings. The molecule has 0 spiro atoms. The van der Waals surface area contributed by atoms with Crippen molar-refractivity contribution in [2.75, 3.05) is 13.1 Å². The number of nitrogens with zero attached hydrogens (tertiary/aromatic N) is 4. The third kappa shape index (κ3) is 9.61. The Morgan fingerprint density at radius 1 is 0.633 bits per heavy atom. The van der Waals surface area contributed by atoms with Crippen LogP contribution in [0.25, 0.3) is 33.6 Å². The van der Waals surface area contributed by atoms with Crippen LogP contribution in [0.4, 0.5) is 9.59 Å². The quantitative estimate of drug-likeness (QED) is 0.0596. The van der Waals surface area contributed by atoms with Crippen molar-refractivity contribution in [3.05, 3.63) is 117 Å². The number of carboxylic acid groups (broad SMARTS) is 2. The van der Waals surface area contributed by atoms with Gasteiger partial charge in [-0.2, -0.15) is 22.7 Å². The Labute approximate surface area is 354 Å². The minimum Gasteiger partial charge on any atom is -0.465 e. The number of amides is 4. The first-order valence-electron chi connectivity index (χ1n) is 20.1. The van der Waals surface area contributed by atoms with Crippen molar-refractivity contribution in [2.45, 2.75) is 75.5 Å². The molecule has 0 radical (unpaired) electrons. The number of H-pyrrole nitrogens is 2. The highest BCUT2D eigenvalue weighted by Crippen LogP contribution is 2.35. The van der Waals surface area contributed by atoms with Gasteiger partial charge in [0.1, 0.15) is 11.6 Å². The number of aromatic amines is 2. The van der Waals surface area contributed by atoms with Crippen LogP contribution in [0.2, 0.25) is 0 Å². The third-order valence-corrected chi connectivity index (χ3v) is 12.8. The van der Waals surface area contributed by atoms with Gasteiger partial charge in [-0.1, -0.05) is 48.5 Å². The van der Waals surface area contributed by atoms with Gasteiger partial charge in [0, 0.05) is 38.0 Å². The van der Waals surface area contributed by atoms with Crippen LogP contribution in [0, 0.1) is 0 Å². The van der Waals surface area contributed by atoms with Gasteiger partial charge in [0.05, 0.1) is 35.9 Å². The van der Waals surface area contributed by atoms with Gasteiger partial charge >= 0.3 is 12.2 Å². The number of imidazole rings is 2. The average Bonchev–Trinajstić information content (AvgIpc) is 4.09. The molecule has 2 aromatic carbocycles. The molecule has 14 nitrogen and oxygen atoms in total. The summed E-state index contributed by atoms with van der Waals surface area (Å²) in [7, 11) is 0. The van der Waals surface area contributed by atoms with E-state index in [1.165, 1.54) is 0 Å². The molecule has 16 heteroatoms. The summed E-state index contributed by atoms with van der Waals surface area (Å²) in [6.07, 6.45) is 5.61. The number of hydrogen-bond acceptors (Lipinski definition) is 8. The molecule has 8 rings (SSSR count). The molecule has 4 amide bonds. The number of rotatable bonds is 15. The molecule has 2 fully saturated rings. The van der Waals surface area contributed by atoms with Gasteiger partial charge in [-0.3, -0.25) is 9.59 Å². The Bertz CT molecular complexity index is 2230. The molecule has 0 unspecified atom stereocenters. The van der Waals surface area contributed by atoms with Gasteiger partial charge in [0.2, 0.25) is 11.8 Å². The highest BCUT2D eigenvalue weighted by atomic mass is 32.1. The van der Waals surface area contributed by atoms with Crippen molar-refractivity contribution in [1.29, 1.82) is 0 Å². The van der Waals surface area contributed by atoms with E-state index in [0.717, 1.165) is 82.1 Å². The minimum atomic E-state index is -1.14. The maximum Gasteiger partial charge on any atom is 0.404 e. The van der Waals surface area contributed by atoms with E-state index in [4.69, 9.17) is 0 Å². The van der Waals surface area contributed by atoms with Crippen LogP contribution in [0.1, 0.15) is 73.4 Å². The predicted octanol–water partition coefficient (Wildman–Crippen LogP) is 8.12. The molecular weight excluding hydrogens is 801 g/mol. The lowest BCUT2D eigenvalue weighted by atomic mass is 10.0. The molecule has 2 aliphatic heterocycles. The first kappa shape index (κ1) is 40.5. The zero-order valence-electron chi connectivity index (χ0n) is 32.8. The lowest BCUT2D eigenvalue weighted by Crippen LogP contribution is -2.41. The first-order valence-corrected chi connectivity index (χ1v) is 22.0. The predicted molar refractivity (Wildman–Crippen MR) is 230 cm³/mol. The van der Waals surface area contributed by atoms with Gasteiger partial charge in [0.15, 0.2) is 0 Å². The summed E-state index contributed by atoms with van der Waals surface area (Å²) in [5.41, 5.74) is 7.72. The highest BCUT2D eigenvalue weighted by molar-refractivity contribution is 7.08. The minimum absolute atomic E-state index is 0.0768. The second kappa shape index (κ2) is 18.3. The second-order valence-electron chi connectivity index (χ2n) is 15.4. The number of carbonyl (C=O) groups is 4. The molecule has 0 aliphatic carbocycles. The van der Waals surface area contributed by atoms with Crippen LogP contribution in [0.3, 0.4) is 0 Å². The summed E-state index contributed by atoms with van der Waals surface area (Å²) in [5.74, 6) is 1.25. The van der Waals surface area contributed by atoms with E-state index >= 15 is 0 Å². The number of aromatic nitrogens is 4. The highest BCUT2D eigenvalue weighted by Gasteiger charge is 2.35. The van der Waals surface area contributed by atoms with E-state index in [0.29, 0.717) is 25.9 Å². The van der Waals surface area contributed by atoms with Crippen LogP contribution < -0.4 is 10.6 Å². The van der Waals surface area contributed by atoms with E-state index < -0.39 is 24.3 Å². The number of carbonyl (C=O) groups excluding carboxylic acids is 2. The lowest BCUT2D eigenvalue weighted by Gasteiger charge is -2.26. The molecule has 0 saturated carbocycles. The number of thiophene rings is 2. The van der Waals surface area contributed by atoms with E-state index in [2.05, 4.69) is 54.8 Å². The summed E-state index contributed by atoms with van der Waals surface area (Å²) < 4.78 is 0. The molecule has 6 heterocycles. The Morgan fingerprint density at radius 3 is 1.40 bits per heavy atom. The molecule has 0 bridgehead atoms. The summed E-state index contributed by atoms with van der Waals surface area (Å²) >= 11 is 3.09. The van der Waals surface area contributed by atoms with Crippen molar-refractivity contribution in [1.82, 2.24) is 40.4 Å². The van der Waals surface area contributed by atoms with Crippen molar-refractivity contribution in [3.8, 4) is 33.6 Å². The van der Waals surface area contributed by atoms with Crippen molar-refractivity contribution < 1.29 is 29.4 Å². The Morgan fingerprint density at radius 2 is 1.03 bits per heavy atom. The monoisotopic (exact) mass is 846 g/mol. The standard InChI is InChI=1S/C44H46N8O6S2/c53-39(21-33(47-43(55)56)19-27-13-17-59-25-27)51-15-1-3-37(51)41-45-23-35(49-41)31-9-5-29(6-10-31)30-7-11-32(12-8-30)36-24-46-42(50-36)38-4-2-16-52(38)40(54)22-34(48-44(57)58)20-28-14-18-60-26-28/h5-14,17-18,23-26,33-34,37-38,47-48H,1-4,15-16,19-22H2,(H,45,49)(H,46,50)(H,55,56)(H,57,58)/t33-,34-,37+,38+/m1/s1. The smallest absolute Gasteiger partial charge is 0.404 e. The van der Waals surface area contributed by atoms with Gasteiger partial charge < -0.3 is 40.6 Å². The summed E-state index contributed by atoms with van der Waals surface area (Å²) in [6.45, 7) is 1.19. The average molecular weight is 847 g/mol. The van der Waals surface area contributed by atoms with Gasteiger partial charge in [-0.15, -0.1) is 0 Å². The number of nitrogens with one attached hydrogen (secondary N) is 4. The van der Waals surface area contributed by atoms with Crippen LogP contribution in [-0.2, 0) is 22.4 Å². The molecule has 60 heavy (non-hydrogen) atoms. The summed E-state index contributed by atoms with van der Waals surface area (Å²) in [5, 5.41) is 31.7. The topological polar surface area (TPSA) is 197 Å². The van der Waals surface area contributed by atoms with Crippen molar-refractivity contribution in [3.63, 3.8) is 0 Å². The van der Waals surface area contributed by atoms with E-state index in [-0.39, 0.29) is 36.7 Å². The Kier molecular flexibility index (Phi) is 12.4. The molecule has 4 atom stereocenters. The zero-order chi connectivity index (χ0) is 41.6. The fourth-order valence-corrected chi connectivity index (χ4v) is 9.79. The largest absolute Gasteiger partial charge is 0.465 e. The fourth-order valence-electron chi connectivity index (χ4n) is 8.43. The molecule has 4 aromatic heterocycles. The van der Waals surface area contributed by atoms with Crippen LogP contribution >= 0.6 is 22.7 Å². The maximum absolute atomic E-state index is 13.5. The van der Waals surface area contributed by atoms with Gasteiger partial charge in [-0.05, 0) is 106 Å². The lowest BCUT2D eigenvalue weighted by molar-refractivity contribution is -0.133. The van der Waals surface area contributed by atoms with E-state index in [9.17, 15) is 29.4 Å². The van der Waals surface area contributed by atoms with Gasteiger partial charge in [-0.25, -0.2) is 19.6 Å². The Balaban J connectivity index is 0.882. The number of benzene rings is 2. The van der Waals surface area contributed by atoms with Crippen LogP contribution in [0.5, 0.6) is 0 Å². The fraction of sp³-hybridized carbons (Fsp3) is 0.318.